The largest absolute Gasteiger partial charge is 0.416 e. The van der Waals surface area contributed by atoms with Crippen molar-refractivity contribution < 1.29 is 18.0 Å². The summed E-state index contributed by atoms with van der Waals surface area (Å²) in [6.07, 6.45) is -2.63. The lowest BCUT2D eigenvalue weighted by atomic mass is 10.1. The highest BCUT2D eigenvalue weighted by Crippen LogP contribution is 2.34. The first kappa shape index (κ1) is 17.4. The Morgan fingerprint density at radius 1 is 1.20 bits per heavy atom. The molecule has 0 aliphatic carbocycles. The Balaban J connectivity index is 1.83. The van der Waals surface area contributed by atoms with Crippen LogP contribution in [-0.4, -0.2) is 10.5 Å². The molecule has 1 amide bonds. The van der Waals surface area contributed by atoms with Gasteiger partial charge in [0, 0.05) is 24.1 Å². The number of amides is 1. The molecule has 0 aliphatic heterocycles. The number of carbonyl (C=O) groups is 1. The number of anilines is 1. The predicted octanol–water partition coefficient (Wildman–Crippen LogP) is 5.03. The van der Waals surface area contributed by atoms with Crippen molar-refractivity contribution in [1.29, 1.82) is 0 Å². The van der Waals surface area contributed by atoms with Crippen LogP contribution in [0.25, 0.3) is 10.9 Å². The van der Waals surface area contributed by atoms with Crippen LogP contribution in [0.3, 0.4) is 0 Å². The molecular formula is C18H14ClF3N2O. The van der Waals surface area contributed by atoms with Gasteiger partial charge in [-0.05, 0) is 29.8 Å². The molecule has 25 heavy (non-hydrogen) atoms. The van der Waals surface area contributed by atoms with Crippen molar-refractivity contribution in [3.63, 3.8) is 0 Å². The van der Waals surface area contributed by atoms with Crippen LogP contribution in [0.1, 0.15) is 11.1 Å². The number of halogens is 4. The maximum Gasteiger partial charge on any atom is 0.416 e. The topological polar surface area (TPSA) is 34.0 Å². The van der Waals surface area contributed by atoms with E-state index in [4.69, 9.17) is 11.6 Å². The Morgan fingerprint density at radius 2 is 1.92 bits per heavy atom. The van der Waals surface area contributed by atoms with E-state index < -0.39 is 17.6 Å². The number of rotatable bonds is 3. The van der Waals surface area contributed by atoms with Crippen LogP contribution >= 0.6 is 11.6 Å². The zero-order valence-electron chi connectivity index (χ0n) is 13.2. The van der Waals surface area contributed by atoms with Crippen LogP contribution in [0, 0.1) is 0 Å². The summed E-state index contributed by atoms with van der Waals surface area (Å²) in [7, 11) is 1.87. The van der Waals surface area contributed by atoms with Gasteiger partial charge in [-0.25, -0.2) is 0 Å². The maximum atomic E-state index is 12.8. The fourth-order valence-corrected chi connectivity index (χ4v) is 2.90. The van der Waals surface area contributed by atoms with E-state index in [1.165, 1.54) is 0 Å². The summed E-state index contributed by atoms with van der Waals surface area (Å²) in [4.78, 5) is 12.3. The molecule has 2 aromatic carbocycles. The van der Waals surface area contributed by atoms with Gasteiger partial charge in [0.2, 0.25) is 5.91 Å². The minimum atomic E-state index is -4.50. The van der Waals surface area contributed by atoms with E-state index in [2.05, 4.69) is 5.32 Å². The number of fused-ring (bicyclic) bond motifs is 1. The second-order valence-electron chi connectivity index (χ2n) is 5.70. The summed E-state index contributed by atoms with van der Waals surface area (Å²) in [5, 5.41) is 3.45. The van der Waals surface area contributed by atoms with Crippen molar-refractivity contribution in [1.82, 2.24) is 4.57 Å². The molecule has 0 unspecified atom stereocenters. The van der Waals surface area contributed by atoms with Gasteiger partial charge in [-0.15, -0.1) is 0 Å². The standard InChI is InChI=1S/C18H14ClF3N2O/c1-24-10-11(13-4-2-3-5-16(13)24)8-17(25)23-15-9-12(18(20,21)22)6-7-14(15)19/h2-7,9-10H,8H2,1H3,(H,23,25). The van der Waals surface area contributed by atoms with Gasteiger partial charge in [0.25, 0.3) is 0 Å². The van der Waals surface area contributed by atoms with E-state index in [0.29, 0.717) is 0 Å². The first-order valence-corrected chi connectivity index (χ1v) is 7.83. The molecule has 0 atom stereocenters. The Bertz CT molecular complexity index is 947. The third-order valence-corrected chi connectivity index (χ3v) is 4.23. The molecule has 0 fully saturated rings. The summed E-state index contributed by atoms with van der Waals surface area (Å²) >= 11 is 5.91. The van der Waals surface area contributed by atoms with E-state index in [-0.39, 0.29) is 17.1 Å². The van der Waals surface area contributed by atoms with E-state index >= 15 is 0 Å². The molecule has 0 bridgehead atoms. The number of benzene rings is 2. The lowest BCUT2D eigenvalue weighted by Gasteiger charge is -2.11. The van der Waals surface area contributed by atoms with Crippen LogP contribution in [0.2, 0.25) is 5.02 Å². The minimum absolute atomic E-state index is 0.0356. The average molecular weight is 367 g/mol. The molecule has 1 heterocycles. The van der Waals surface area contributed by atoms with Gasteiger partial charge in [0.05, 0.1) is 22.7 Å². The first-order chi connectivity index (χ1) is 11.8. The number of nitrogens with zero attached hydrogens (tertiary/aromatic N) is 1. The molecule has 0 aliphatic rings. The number of aromatic nitrogens is 1. The molecule has 7 heteroatoms. The predicted molar refractivity (Wildman–Crippen MR) is 91.7 cm³/mol. The quantitative estimate of drug-likeness (QED) is 0.693. The molecule has 0 saturated carbocycles. The van der Waals surface area contributed by atoms with Crippen molar-refractivity contribution in [3.05, 3.63) is 64.8 Å². The SMILES string of the molecule is Cn1cc(CC(=O)Nc2cc(C(F)(F)F)ccc2Cl)c2ccccc21. The lowest BCUT2D eigenvalue weighted by Crippen LogP contribution is -2.15. The van der Waals surface area contributed by atoms with Crippen LogP contribution in [0.15, 0.2) is 48.7 Å². The van der Waals surface area contributed by atoms with Gasteiger partial charge in [-0.2, -0.15) is 13.2 Å². The van der Waals surface area contributed by atoms with Crippen molar-refractivity contribution in [3.8, 4) is 0 Å². The zero-order valence-corrected chi connectivity index (χ0v) is 13.9. The van der Waals surface area contributed by atoms with Gasteiger partial charge >= 0.3 is 6.18 Å². The fourth-order valence-electron chi connectivity index (χ4n) is 2.73. The molecule has 0 saturated heterocycles. The highest BCUT2D eigenvalue weighted by molar-refractivity contribution is 6.33. The van der Waals surface area contributed by atoms with E-state index in [1.54, 1.807) is 0 Å². The molecule has 3 nitrogen and oxygen atoms in total. The van der Waals surface area contributed by atoms with Gasteiger partial charge in [-0.1, -0.05) is 29.8 Å². The van der Waals surface area contributed by atoms with Crippen LogP contribution < -0.4 is 5.32 Å². The summed E-state index contributed by atoms with van der Waals surface area (Å²) in [5.74, 6) is -0.433. The first-order valence-electron chi connectivity index (χ1n) is 7.45. The van der Waals surface area contributed by atoms with Crippen LogP contribution in [0.5, 0.6) is 0 Å². The summed E-state index contributed by atoms with van der Waals surface area (Å²) in [6, 6.07) is 10.4. The monoisotopic (exact) mass is 366 g/mol. The Morgan fingerprint density at radius 3 is 2.64 bits per heavy atom. The fraction of sp³-hybridized carbons (Fsp3) is 0.167. The molecule has 1 N–H and O–H groups in total. The zero-order chi connectivity index (χ0) is 18.2. The molecule has 3 rings (SSSR count). The molecular weight excluding hydrogens is 353 g/mol. The Hall–Kier alpha value is -2.47. The molecule has 0 spiro atoms. The normalized spacial score (nSPS) is 11.7. The van der Waals surface area contributed by atoms with Crippen molar-refractivity contribution >= 4 is 34.1 Å². The van der Waals surface area contributed by atoms with E-state index in [9.17, 15) is 18.0 Å². The minimum Gasteiger partial charge on any atom is -0.350 e. The van der Waals surface area contributed by atoms with Crippen molar-refractivity contribution in [2.75, 3.05) is 5.32 Å². The highest BCUT2D eigenvalue weighted by Gasteiger charge is 2.31. The number of para-hydroxylation sites is 1. The highest BCUT2D eigenvalue weighted by atomic mass is 35.5. The third-order valence-electron chi connectivity index (χ3n) is 3.90. The van der Waals surface area contributed by atoms with Crippen molar-refractivity contribution in [2.24, 2.45) is 7.05 Å². The number of carbonyl (C=O) groups excluding carboxylic acids is 1. The lowest BCUT2D eigenvalue weighted by molar-refractivity contribution is -0.137. The Labute approximate surface area is 147 Å². The molecule has 1 aromatic heterocycles. The molecule has 3 aromatic rings. The van der Waals surface area contributed by atoms with E-state index in [1.807, 2.05) is 42.1 Å². The number of hydrogen-bond donors (Lipinski definition) is 1. The smallest absolute Gasteiger partial charge is 0.350 e. The number of alkyl halides is 3. The van der Waals surface area contributed by atoms with Gasteiger partial charge in [-0.3, -0.25) is 4.79 Å². The van der Waals surface area contributed by atoms with Gasteiger partial charge in [0.15, 0.2) is 0 Å². The van der Waals surface area contributed by atoms with Gasteiger partial charge in [0.1, 0.15) is 0 Å². The van der Waals surface area contributed by atoms with Crippen LogP contribution in [-0.2, 0) is 24.4 Å². The van der Waals surface area contributed by atoms with Crippen molar-refractivity contribution in [2.45, 2.75) is 12.6 Å². The summed E-state index contributed by atoms with van der Waals surface area (Å²) in [6.45, 7) is 0. The number of aryl methyl sites for hydroxylation is 1. The van der Waals surface area contributed by atoms with Gasteiger partial charge < -0.3 is 9.88 Å². The second-order valence-corrected chi connectivity index (χ2v) is 6.11. The average Bonchev–Trinajstić information content (AvgIpc) is 2.85. The summed E-state index contributed by atoms with van der Waals surface area (Å²) in [5.41, 5.74) is 0.847. The maximum absolute atomic E-state index is 12.8. The second kappa shape index (κ2) is 6.44. The third kappa shape index (κ3) is 3.64. The number of hydrogen-bond acceptors (Lipinski definition) is 1. The Kier molecular flexibility index (Phi) is 4.47. The molecule has 130 valence electrons. The number of nitrogens with one attached hydrogen (secondary N) is 1. The van der Waals surface area contributed by atoms with E-state index in [0.717, 1.165) is 34.7 Å². The van der Waals surface area contributed by atoms with Crippen LogP contribution in [0.4, 0.5) is 18.9 Å². The summed E-state index contributed by atoms with van der Waals surface area (Å²) < 4.78 is 40.3. The molecule has 0 radical (unpaired) electrons.